The summed E-state index contributed by atoms with van der Waals surface area (Å²) >= 11 is 0. The van der Waals surface area contributed by atoms with Gasteiger partial charge in [-0.1, -0.05) is 6.92 Å². The summed E-state index contributed by atoms with van der Waals surface area (Å²) in [4.78, 5) is 12.4. The summed E-state index contributed by atoms with van der Waals surface area (Å²) in [5, 5.41) is 8.72. The van der Waals surface area contributed by atoms with E-state index < -0.39 is 5.97 Å². The second kappa shape index (κ2) is 8.37. The Bertz CT molecular complexity index is 378. The predicted octanol–water partition coefficient (Wildman–Crippen LogP) is 1.87. The first-order valence-corrected chi connectivity index (χ1v) is 6.45. The molecule has 1 aromatic carbocycles. The van der Waals surface area contributed by atoms with Crippen molar-refractivity contribution in [1.82, 2.24) is 4.90 Å². The Labute approximate surface area is 113 Å². The molecule has 1 N–H and O–H groups in total. The third kappa shape index (κ3) is 6.10. The maximum absolute atomic E-state index is 10.6. The van der Waals surface area contributed by atoms with Crippen LogP contribution in [0.5, 0.6) is 11.5 Å². The number of benzene rings is 1. The van der Waals surface area contributed by atoms with Gasteiger partial charge in [0, 0.05) is 6.54 Å². The summed E-state index contributed by atoms with van der Waals surface area (Å²) in [5.74, 6) is 0.758. The molecule has 0 saturated carbocycles. The van der Waals surface area contributed by atoms with Crippen molar-refractivity contribution in [1.29, 1.82) is 0 Å². The van der Waals surface area contributed by atoms with Gasteiger partial charge in [-0.25, -0.2) is 0 Å². The van der Waals surface area contributed by atoms with Crippen LogP contribution in [-0.2, 0) is 4.79 Å². The average molecular weight is 267 g/mol. The van der Waals surface area contributed by atoms with Gasteiger partial charge in [-0.05, 0) is 37.7 Å². The van der Waals surface area contributed by atoms with Crippen LogP contribution in [0.15, 0.2) is 24.3 Å². The number of rotatable bonds is 9. The van der Waals surface area contributed by atoms with Crippen molar-refractivity contribution >= 4 is 5.97 Å². The number of carbonyl (C=O) groups is 1. The second-order valence-electron chi connectivity index (χ2n) is 4.02. The number of carboxylic acid groups (broad SMARTS) is 1. The Hall–Kier alpha value is -1.75. The molecule has 0 atom stereocenters. The van der Waals surface area contributed by atoms with Gasteiger partial charge in [-0.3, -0.25) is 9.69 Å². The predicted molar refractivity (Wildman–Crippen MR) is 72.9 cm³/mol. The van der Waals surface area contributed by atoms with Crippen molar-refractivity contribution in [3.63, 3.8) is 0 Å². The lowest BCUT2D eigenvalue weighted by atomic mass is 10.3. The third-order valence-electron chi connectivity index (χ3n) is 2.62. The van der Waals surface area contributed by atoms with Gasteiger partial charge < -0.3 is 14.6 Å². The largest absolute Gasteiger partial charge is 0.494 e. The van der Waals surface area contributed by atoms with Gasteiger partial charge >= 0.3 is 5.97 Å². The van der Waals surface area contributed by atoms with E-state index in [0.717, 1.165) is 11.5 Å². The average Bonchev–Trinajstić information content (AvgIpc) is 2.39. The summed E-state index contributed by atoms with van der Waals surface area (Å²) in [6.45, 7) is 6.31. The molecule has 0 radical (unpaired) electrons. The highest BCUT2D eigenvalue weighted by molar-refractivity contribution is 5.69. The molecule has 0 amide bonds. The molecule has 0 aliphatic carbocycles. The van der Waals surface area contributed by atoms with Crippen LogP contribution in [-0.4, -0.2) is 48.8 Å². The van der Waals surface area contributed by atoms with E-state index in [-0.39, 0.29) is 6.54 Å². The number of carboxylic acids is 1. The normalized spacial score (nSPS) is 10.5. The highest BCUT2D eigenvalue weighted by Gasteiger charge is 2.07. The molecule has 5 heteroatoms. The fourth-order valence-electron chi connectivity index (χ4n) is 1.63. The number of nitrogens with zero attached hydrogens (tertiary/aromatic N) is 1. The van der Waals surface area contributed by atoms with Crippen LogP contribution in [0.1, 0.15) is 13.8 Å². The summed E-state index contributed by atoms with van der Waals surface area (Å²) < 4.78 is 10.9. The first-order valence-electron chi connectivity index (χ1n) is 6.45. The molecule has 0 aliphatic heterocycles. The summed E-state index contributed by atoms with van der Waals surface area (Å²) in [6, 6.07) is 7.40. The van der Waals surface area contributed by atoms with Crippen LogP contribution in [0, 0.1) is 0 Å². The van der Waals surface area contributed by atoms with Crippen molar-refractivity contribution < 1.29 is 19.4 Å². The lowest BCUT2D eigenvalue weighted by molar-refractivity contribution is -0.138. The lowest BCUT2D eigenvalue weighted by Gasteiger charge is -2.18. The van der Waals surface area contributed by atoms with Crippen LogP contribution >= 0.6 is 0 Å². The molecule has 19 heavy (non-hydrogen) atoms. The fraction of sp³-hybridized carbons (Fsp3) is 0.500. The maximum Gasteiger partial charge on any atom is 0.317 e. The zero-order valence-electron chi connectivity index (χ0n) is 11.5. The Balaban J connectivity index is 2.33. The van der Waals surface area contributed by atoms with Gasteiger partial charge in [0.05, 0.1) is 13.2 Å². The Morgan fingerprint density at radius 3 is 2.21 bits per heavy atom. The topological polar surface area (TPSA) is 59.0 Å². The Morgan fingerprint density at radius 1 is 1.16 bits per heavy atom. The number of likely N-dealkylation sites (N-methyl/N-ethyl adjacent to an activating group) is 1. The van der Waals surface area contributed by atoms with Gasteiger partial charge in [-0.2, -0.15) is 0 Å². The van der Waals surface area contributed by atoms with E-state index in [1.54, 1.807) is 0 Å². The van der Waals surface area contributed by atoms with E-state index in [0.29, 0.717) is 26.3 Å². The molecule has 106 valence electrons. The van der Waals surface area contributed by atoms with Crippen LogP contribution in [0.4, 0.5) is 0 Å². The molecule has 0 heterocycles. The molecule has 0 unspecified atom stereocenters. The number of hydrogen-bond donors (Lipinski definition) is 1. The third-order valence-corrected chi connectivity index (χ3v) is 2.62. The van der Waals surface area contributed by atoms with Crippen molar-refractivity contribution in [2.45, 2.75) is 13.8 Å². The maximum atomic E-state index is 10.6. The molecule has 0 aromatic heterocycles. The van der Waals surface area contributed by atoms with E-state index in [9.17, 15) is 4.79 Å². The Morgan fingerprint density at radius 2 is 1.74 bits per heavy atom. The van der Waals surface area contributed by atoms with Crippen LogP contribution < -0.4 is 9.47 Å². The minimum atomic E-state index is -0.817. The van der Waals surface area contributed by atoms with Gasteiger partial charge in [0.15, 0.2) is 0 Å². The fourth-order valence-corrected chi connectivity index (χ4v) is 1.63. The molecule has 0 saturated heterocycles. The van der Waals surface area contributed by atoms with Gasteiger partial charge in [0.1, 0.15) is 18.1 Å². The number of hydrogen-bond acceptors (Lipinski definition) is 4. The number of ether oxygens (including phenoxy) is 2. The van der Waals surface area contributed by atoms with Crippen molar-refractivity contribution in [2.24, 2.45) is 0 Å². The van der Waals surface area contributed by atoms with Crippen LogP contribution in [0.25, 0.3) is 0 Å². The first-order chi connectivity index (χ1) is 9.15. The number of aliphatic carboxylic acids is 1. The van der Waals surface area contributed by atoms with E-state index in [2.05, 4.69) is 0 Å². The first kappa shape index (κ1) is 15.3. The van der Waals surface area contributed by atoms with E-state index in [4.69, 9.17) is 14.6 Å². The van der Waals surface area contributed by atoms with E-state index in [1.807, 2.05) is 43.0 Å². The molecule has 5 nitrogen and oxygen atoms in total. The highest BCUT2D eigenvalue weighted by atomic mass is 16.5. The summed E-state index contributed by atoms with van der Waals surface area (Å²) in [7, 11) is 0. The monoisotopic (exact) mass is 267 g/mol. The molecule has 0 fully saturated rings. The second-order valence-corrected chi connectivity index (χ2v) is 4.02. The van der Waals surface area contributed by atoms with E-state index >= 15 is 0 Å². The zero-order valence-corrected chi connectivity index (χ0v) is 11.5. The van der Waals surface area contributed by atoms with Crippen LogP contribution in [0.2, 0.25) is 0 Å². The summed E-state index contributed by atoms with van der Waals surface area (Å²) in [6.07, 6.45) is 0. The highest BCUT2D eigenvalue weighted by Crippen LogP contribution is 2.17. The standard InChI is InChI=1S/C14H21NO4/c1-3-15(11-14(16)17)9-10-19-13-7-5-12(6-8-13)18-4-2/h5-8H,3-4,9-11H2,1-2H3,(H,16,17). The summed E-state index contributed by atoms with van der Waals surface area (Å²) in [5.41, 5.74) is 0. The van der Waals surface area contributed by atoms with Crippen LogP contribution in [0.3, 0.4) is 0 Å². The Kier molecular flexibility index (Phi) is 6.74. The van der Waals surface area contributed by atoms with Crippen molar-refractivity contribution in [2.75, 3.05) is 32.8 Å². The molecule has 0 spiro atoms. The minimum Gasteiger partial charge on any atom is -0.494 e. The molecule has 0 bridgehead atoms. The zero-order chi connectivity index (χ0) is 14.1. The van der Waals surface area contributed by atoms with Gasteiger partial charge in [-0.15, -0.1) is 0 Å². The molecule has 1 rings (SSSR count). The molecular formula is C14H21NO4. The van der Waals surface area contributed by atoms with Gasteiger partial charge in [0.2, 0.25) is 0 Å². The van der Waals surface area contributed by atoms with Gasteiger partial charge in [0.25, 0.3) is 0 Å². The van der Waals surface area contributed by atoms with Crippen molar-refractivity contribution in [3.8, 4) is 11.5 Å². The molecular weight excluding hydrogens is 246 g/mol. The lowest BCUT2D eigenvalue weighted by Crippen LogP contribution is -2.33. The molecule has 1 aromatic rings. The minimum absolute atomic E-state index is 0.0448. The quantitative estimate of drug-likeness (QED) is 0.740. The van der Waals surface area contributed by atoms with Crippen molar-refractivity contribution in [3.05, 3.63) is 24.3 Å². The molecule has 0 aliphatic rings. The smallest absolute Gasteiger partial charge is 0.317 e. The SMILES string of the molecule is CCOc1ccc(OCCN(CC)CC(=O)O)cc1. The van der Waals surface area contributed by atoms with E-state index in [1.165, 1.54) is 0 Å².